The normalized spacial score (nSPS) is 14.2. The summed E-state index contributed by atoms with van der Waals surface area (Å²) in [6.07, 6.45) is 61.0. The number of carbonyl (C=O) groups is 4. The monoisotopic (exact) mass is 1480 g/mol. The van der Waals surface area contributed by atoms with Crippen LogP contribution in [-0.4, -0.2) is 96.7 Å². The molecular formula is C82H160O17P2. The molecule has 0 aromatic carbocycles. The number of rotatable bonds is 80. The molecule has 0 heterocycles. The molecule has 0 rings (SSSR count). The molecule has 0 bridgehead atoms. The van der Waals surface area contributed by atoms with Gasteiger partial charge in [0.1, 0.15) is 19.3 Å². The average Bonchev–Trinajstić information content (AvgIpc) is 0.917. The van der Waals surface area contributed by atoms with Gasteiger partial charge < -0.3 is 33.8 Å². The van der Waals surface area contributed by atoms with E-state index in [1.54, 1.807) is 0 Å². The molecule has 0 saturated heterocycles. The molecule has 0 radical (unpaired) electrons. The van der Waals surface area contributed by atoms with Crippen molar-refractivity contribution in [2.75, 3.05) is 39.6 Å². The van der Waals surface area contributed by atoms with Crippen LogP contribution in [-0.2, 0) is 65.4 Å². The van der Waals surface area contributed by atoms with Crippen molar-refractivity contribution in [2.45, 2.75) is 446 Å². The Morgan fingerprint density at radius 2 is 0.505 bits per heavy atom. The SMILES string of the molecule is CCCCCCCCCCCCCCCCCCCC(=O)OC[C@H](COP(=O)(O)OC[C@@H](O)COP(=O)(O)OC[C@@H](COC(=O)CCCCCCCCC(C)CC)OC(=O)CCCCCCCCCCCCCCCC(C)C)OC(=O)CCCCCCCCCCCCCCCCCC(C)C. The Kier molecular flexibility index (Phi) is 70.9. The van der Waals surface area contributed by atoms with Crippen molar-refractivity contribution in [1.82, 2.24) is 0 Å². The molecular weight excluding hydrogens is 1320 g/mol. The van der Waals surface area contributed by atoms with Crippen LogP contribution in [0.15, 0.2) is 0 Å². The highest BCUT2D eigenvalue weighted by Gasteiger charge is 2.30. The third-order valence-corrected chi connectivity index (χ3v) is 21.4. The molecule has 6 atom stereocenters. The van der Waals surface area contributed by atoms with Crippen LogP contribution in [0.3, 0.4) is 0 Å². The van der Waals surface area contributed by atoms with E-state index in [1.165, 1.54) is 231 Å². The van der Waals surface area contributed by atoms with Crippen molar-refractivity contribution >= 4 is 39.5 Å². The highest BCUT2D eigenvalue weighted by Crippen LogP contribution is 2.45. The number of ether oxygens (including phenoxy) is 4. The molecule has 101 heavy (non-hydrogen) atoms. The number of unbranched alkanes of at least 4 members (excludes halogenated alkanes) is 47. The van der Waals surface area contributed by atoms with E-state index in [4.69, 9.17) is 37.0 Å². The van der Waals surface area contributed by atoms with E-state index >= 15 is 0 Å². The molecule has 19 heteroatoms. The Balaban J connectivity index is 5.25. The van der Waals surface area contributed by atoms with Crippen LogP contribution >= 0.6 is 15.6 Å². The minimum absolute atomic E-state index is 0.106. The Bertz CT molecular complexity index is 1960. The second kappa shape index (κ2) is 72.3. The van der Waals surface area contributed by atoms with Crippen molar-refractivity contribution in [1.29, 1.82) is 0 Å². The Hall–Kier alpha value is -1.94. The lowest BCUT2D eigenvalue weighted by Crippen LogP contribution is -2.30. The minimum atomic E-state index is -4.96. The Morgan fingerprint density at radius 1 is 0.287 bits per heavy atom. The van der Waals surface area contributed by atoms with Gasteiger partial charge in [0.15, 0.2) is 12.2 Å². The van der Waals surface area contributed by atoms with E-state index in [0.717, 1.165) is 114 Å². The first-order chi connectivity index (χ1) is 48.8. The van der Waals surface area contributed by atoms with E-state index in [-0.39, 0.29) is 25.7 Å². The third-order valence-electron chi connectivity index (χ3n) is 19.5. The number of carbonyl (C=O) groups excluding carboxylic acids is 4. The number of hydrogen-bond acceptors (Lipinski definition) is 15. The van der Waals surface area contributed by atoms with E-state index in [0.29, 0.717) is 25.7 Å². The highest BCUT2D eigenvalue weighted by molar-refractivity contribution is 7.47. The van der Waals surface area contributed by atoms with Crippen LogP contribution in [0.1, 0.15) is 427 Å². The second-order valence-electron chi connectivity index (χ2n) is 30.7. The first-order valence-corrected chi connectivity index (χ1v) is 45.4. The number of aliphatic hydroxyl groups excluding tert-OH is 1. The van der Waals surface area contributed by atoms with Crippen molar-refractivity contribution in [3.8, 4) is 0 Å². The van der Waals surface area contributed by atoms with Gasteiger partial charge in [-0.15, -0.1) is 0 Å². The summed E-state index contributed by atoms with van der Waals surface area (Å²) in [6, 6.07) is 0. The molecule has 3 unspecified atom stereocenters. The van der Waals surface area contributed by atoms with Crippen LogP contribution in [0.4, 0.5) is 0 Å². The number of phosphoric acid groups is 2. The number of esters is 4. The van der Waals surface area contributed by atoms with Crippen molar-refractivity contribution in [2.24, 2.45) is 17.8 Å². The quantitative estimate of drug-likeness (QED) is 0.0222. The van der Waals surface area contributed by atoms with Gasteiger partial charge in [-0.3, -0.25) is 37.3 Å². The van der Waals surface area contributed by atoms with Gasteiger partial charge in [0.25, 0.3) is 0 Å². The minimum Gasteiger partial charge on any atom is -0.462 e. The number of hydrogen-bond donors (Lipinski definition) is 3. The van der Waals surface area contributed by atoms with Crippen molar-refractivity contribution in [3.63, 3.8) is 0 Å². The first-order valence-electron chi connectivity index (χ1n) is 42.4. The summed E-state index contributed by atoms with van der Waals surface area (Å²) in [6.45, 7) is 12.0. The topological polar surface area (TPSA) is 237 Å². The van der Waals surface area contributed by atoms with Gasteiger partial charge in [-0.05, 0) is 43.4 Å². The van der Waals surface area contributed by atoms with Gasteiger partial charge in [-0.1, -0.05) is 376 Å². The molecule has 0 amide bonds. The van der Waals surface area contributed by atoms with Gasteiger partial charge in [0, 0.05) is 25.7 Å². The average molecular weight is 1480 g/mol. The van der Waals surface area contributed by atoms with E-state index in [9.17, 15) is 43.2 Å². The Morgan fingerprint density at radius 3 is 0.752 bits per heavy atom. The van der Waals surface area contributed by atoms with Gasteiger partial charge >= 0.3 is 39.5 Å². The summed E-state index contributed by atoms with van der Waals surface area (Å²) < 4.78 is 68.8. The summed E-state index contributed by atoms with van der Waals surface area (Å²) in [5, 5.41) is 10.7. The zero-order chi connectivity index (χ0) is 74.4. The predicted molar refractivity (Wildman–Crippen MR) is 414 cm³/mol. The van der Waals surface area contributed by atoms with Crippen molar-refractivity contribution < 1.29 is 80.2 Å². The summed E-state index contributed by atoms with van der Waals surface area (Å²) in [4.78, 5) is 73.1. The van der Waals surface area contributed by atoms with E-state index in [2.05, 4.69) is 48.5 Å². The van der Waals surface area contributed by atoms with Gasteiger partial charge in [-0.25, -0.2) is 9.13 Å². The molecule has 0 aliphatic rings. The summed E-state index contributed by atoms with van der Waals surface area (Å²) in [5.41, 5.74) is 0. The Labute approximate surface area is 619 Å². The fraction of sp³-hybridized carbons (Fsp3) is 0.951. The van der Waals surface area contributed by atoms with Crippen LogP contribution < -0.4 is 0 Å². The molecule has 0 aliphatic carbocycles. The maximum atomic E-state index is 13.1. The van der Waals surface area contributed by atoms with E-state index in [1.807, 2.05) is 0 Å². The maximum absolute atomic E-state index is 13.1. The van der Waals surface area contributed by atoms with Crippen LogP contribution in [0.5, 0.6) is 0 Å². The van der Waals surface area contributed by atoms with Gasteiger partial charge in [0.05, 0.1) is 26.4 Å². The summed E-state index contributed by atoms with van der Waals surface area (Å²) >= 11 is 0. The van der Waals surface area contributed by atoms with Gasteiger partial charge in [0.2, 0.25) is 0 Å². The highest BCUT2D eigenvalue weighted by atomic mass is 31.2. The van der Waals surface area contributed by atoms with Crippen LogP contribution in [0.2, 0.25) is 0 Å². The molecule has 0 aromatic heterocycles. The van der Waals surface area contributed by atoms with Gasteiger partial charge in [-0.2, -0.15) is 0 Å². The summed E-state index contributed by atoms with van der Waals surface area (Å²) in [5.74, 6) is 0.210. The van der Waals surface area contributed by atoms with E-state index < -0.39 is 97.5 Å². The maximum Gasteiger partial charge on any atom is 0.472 e. The predicted octanol–water partition coefficient (Wildman–Crippen LogP) is 24.5. The smallest absolute Gasteiger partial charge is 0.462 e. The molecule has 0 spiro atoms. The molecule has 0 aliphatic heterocycles. The zero-order valence-electron chi connectivity index (χ0n) is 66.4. The number of phosphoric ester groups is 2. The van der Waals surface area contributed by atoms with Crippen LogP contribution in [0.25, 0.3) is 0 Å². The molecule has 600 valence electrons. The zero-order valence-corrected chi connectivity index (χ0v) is 68.2. The lowest BCUT2D eigenvalue weighted by molar-refractivity contribution is -0.161. The fourth-order valence-corrected chi connectivity index (χ4v) is 14.2. The lowest BCUT2D eigenvalue weighted by Gasteiger charge is -2.21. The second-order valence-corrected chi connectivity index (χ2v) is 33.6. The fourth-order valence-electron chi connectivity index (χ4n) is 12.6. The third kappa shape index (κ3) is 74.7. The lowest BCUT2D eigenvalue weighted by atomic mass is 10.00. The summed E-state index contributed by atoms with van der Waals surface area (Å²) in [7, 11) is -9.92. The standard InChI is InChI=1S/C82H160O17P2/c1-8-10-11-12-13-14-15-16-17-18-21-26-31-36-41-49-56-63-79(84)92-69-77(98-81(86)65-58-51-42-37-32-27-22-19-20-24-29-34-39-46-53-60-73(3)4)71-96-100(88,89)94-67-76(83)68-95-101(90,91)97-72-78(70-93-80(85)64-57-50-45-44-48-55-62-75(7)9-2)99-82(87)66-59-52-43-38-33-28-23-25-30-35-40-47-54-61-74(5)6/h73-78,83H,8-72H2,1-7H3,(H,88,89)(H,90,91)/t75?,76-,77-,78-/m1/s1. The van der Waals surface area contributed by atoms with Crippen molar-refractivity contribution in [3.05, 3.63) is 0 Å². The molecule has 3 N–H and O–H groups in total. The number of aliphatic hydroxyl groups is 1. The first kappa shape index (κ1) is 99.1. The molecule has 0 saturated carbocycles. The molecule has 0 aromatic rings. The van der Waals surface area contributed by atoms with Crippen LogP contribution in [0, 0.1) is 17.8 Å². The molecule has 0 fully saturated rings. The largest absolute Gasteiger partial charge is 0.472 e. The molecule has 17 nitrogen and oxygen atoms in total.